The molecule has 0 unspecified atom stereocenters. The summed E-state index contributed by atoms with van der Waals surface area (Å²) in [6.45, 7) is 5.66. The molecular weight excluding hydrogens is 295 g/mol. The summed E-state index contributed by atoms with van der Waals surface area (Å²) in [5, 5.41) is 0.302. The molecule has 7 heteroatoms. The van der Waals surface area contributed by atoms with Crippen LogP contribution in [-0.2, 0) is 10.0 Å². The number of aryl methyl sites for hydroxylation is 1. The van der Waals surface area contributed by atoms with Gasteiger partial charge in [-0.25, -0.2) is 13.4 Å². The first-order chi connectivity index (χ1) is 8.21. The number of sulfonamides is 1. The predicted octanol–water partition coefficient (Wildman–Crippen LogP) is 3.48. The van der Waals surface area contributed by atoms with Crippen LogP contribution in [0.3, 0.4) is 0 Å². The van der Waals surface area contributed by atoms with Gasteiger partial charge in [-0.1, -0.05) is 37.0 Å². The molecule has 0 saturated heterocycles. The van der Waals surface area contributed by atoms with Crippen molar-refractivity contribution in [3.8, 4) is 0 Å². The molecule has 1 aromatic rings. The molecule has 18 heavy (non-hydrogen) atoms. The summed E-state index contributed by atoms with van der Waals surface area (Å²) in [6.07, 6.45) is 0.590. The van der Waals surface area contributed by atoms with Gasteiger partial charge in [-0.2, -0.15) is 0 Å². The van der Waals surface area contributed by atoms with Crippen LogP contribution >= 0.6 is 23.2 Å². The van der Waals surface area contributed by atoms with E-state index in [0.29, 0.717) is 23.6 Å². The maximum absolute atomic E-state index is 11.9. The minimum absolute atomic E-state index is 0.0586. The molecule has 0 aliphatic rings. The third kappa shape index (κ3) is 4.63. The summed E-state index contributed by atoms with van der Waals surface area (Å²) in [6, 6.07) is 1.56. The van der Waals surface area contributed by atoms with Crippen molar-refractivity contribution in [1.29, 1.82) is 0 Å². The number of aromatic nitrogens is 1. The molecule has 102 valence electrons. The van der Waals surface area contributed by atoms with Gasteiger partial charge in [0, 0.05) is 0 Å². The molecule has 0 aliphatic carbocycles. The van der Waals surface area contributed by atoms with E-state index in [0.717, 1.165) is 0 Å². The second-order valence-corrected chi connectivity index (χ2v) is 7.12. The van der Waals surface area contributed by atoms with Crippen LogP contribution in [0.2, 0.25) is 10.3 Å². The fourth-order valence-electron chi connectivity index (χ4n) is 1.32. The molecule has 0 radical (unpaired) electrons. The third-order valence-corrected chi connectivity index (χ3v) is 4.12. The first-order valence-corrected chi connectivity index (χ1v) is 7.95. The van der Waals surface area contributed by atoms with Crippen molar-refractivity contribution < 1.29 is 8.42 Å². The number of halogens is 2. The number of rotatable bonds is 5. The van der Waals surface area contributed by atoms with E-state index in [1.165, 1.54) is 0 Å². The molecule has 0 bridgehead atoms. The van der Waals surface area contributed by atoms with Crippen LogP contribution in [0.25, 0.3) is 0 Å². The van der Waals surface area contributed by atoms with Crippen molar-refractivity contribution in [3.05, 3.63) is 21.9 Å². The highest BCUT2D eigenvalue weighted by atomic mass is 35.5. The molecule has 0 aromatic carbocycles. The Kier molecular flexibility index (Phi) is 5.25. The van der Waals surface area contributed by atoms with Gasteiger partial charge in [-0.05, 0) is 30.9 Å². The van der Waals surface area contributed by atoms with Gasteiger partial charge in [0.2, 0.25) is 10.0 Å². The lowest BCUT2D eigenvalue weighted by Crippen LogP contribution is -2.19. The molecule has 0 saturated carbocycles. The zero-order valence-corrected chi connectivity index (χ0v) is 12.8. The number of nitrogens with one attached hydrogen (secondary N) is 1. The molecule has 0 amide bonds. The van der Waals surface area contributed by atoms with E-state index >= 15 is 0 Å². The molecule has 0 atom stereocenters. The van der Waals surface area contributed by atoms with Gasteiger partial charge in [0.05, 0.1) is 11.4 Å². The van der Waals surface area contributed by atoms with Crippen LogP contribution in [0.15, 0.2) is 6.07 Å². The van der Waals surface area contributed by atoms with Gasteiger partial charge in [0.25, 0.3) is 0 Å². The van der Waals surface area contributed by atoms with Crippen LogP contribution in [-0.4, -0.2) is 19.2 Å². The molecular formula is C11H16Cl2N2O2S. The lowest BCUT2D eigenvalue weighted by Gasteiger charge is -2.12. The minimum Gasteiger partial charge on any atom is -0.280 e. The molecule has 1 aromatic heterocycles. The zero-order chi connectivity index (χ0) is 13.9. The van der Waals surface area contributed by atoms with Gasteiger partial charge in [-0.3, -0.25) is 4.72 Å². The van der Waals surface area contributed by atoms with Crippen molar-refractivity contribution >= 4 is 38.9 Å². The Morgan fingerprint density at radius 1 is 1.39 bits per heavy atom. The number of nitrogens with zero attached hydrogens (tertiary/aromatic N) is 1. The average molecular weight is 311 g/mol. The maximum Gasteiger partial charge on any atom is 0.232 e. The summed E-state index contributed by atoms with van der Waals surface area (Å²) in [5.41, 5.74) is 0.943. The van der Waals surface area contributed by atoms with E-state index in [1.807, 2.05) is 13.8 Å². The fourth-order valence-corrected chi connectivity index (χ4v) is 3.40. The number of hydrogen-bond acceptors (Lipinski definition) is 3. The van der Waals surface area contributed by atoms with Gasteiger partial charge in [0.1, 0.15) is 5.15 Å². The number of anilines is 1. The number of pyridine rings is 1. The van der Waals surface area contributed by atoms with E-state index < -0.39 is 10.0 Å². The van der Waals surface area contributed by atoms with Crippen molar-refractivity contribution in [3.63, 3.8) is 0 Å². The Labute approximate surface area is 118 Å². The quantitative estimate of drug-likeness (QED) is 0.847. The number of hydrogen-bond donors (Lipinski definition) is 1. The zero-order valence-electron chi connectivity index (χ0n) is 10.5. The second-order valence-electron chi connectivity index (χ2n) is 4.53. The van der Waals surface area contributed by atoms with Crippen LogP contribution in [0.1, 0.15) is 25.8 Å². The van der Waals surface area contributed by atoms with E-state index in [2.05, 4.69) is 9.71 Å². The second kappa shape index (κ2) is 6.08. The Balaban J connectivity index is 2.91. The smallest absolute Gasteiger partial charge is 0.232 e. The van der Waals surface area contributed by atoms with Crippen LogP contribution in [0, 0.1) is 12.8 Å². The molecule has 1 N–H and O–H groups in total. The SMILES string of the molecule is Cc1cc(Cl)nc(Cl)c1NS(=O)(=O)CCC(C)C. The van der Waals surface area contributed by atoms with Crippen molar-refractivity contribution in [2.75, 3.05) is 10.5 Å². The third-order valence-electron chi connectivity index (χ3n) is 2.36. The van der Waals surface area contributed by atoms with Crippen LogP contribution < -0.4 is 4.72 Å². The van der Waals surface area contributed by atoms with E-state index in [-0.39, 0.29) is 16.1 Å². The lowest BCUT2D eigenvalue weighted by molar-refractivity contribution is 0.578. The van der Waals surface area contributed by atoms with E-state index in [9.17, 15) is 8.42 Å². The first-order valence-electron chi connectivity index (χ1n) is 5.54. The van der Waals surface area contributed by atoms with E-state index in [4.69, 9.17) is 23.2 Å². The highest BCUT2D eigenvalue weighted by molar-refractivity contribution is 7.92. The normalized spacial score (nSPS) is 11.9. The highest BCUT2D eigenvalue weighted by Gasteiger charge is 2.16. The van der Waals surface area contributed by atoms with Gasteiger partial charge in [0.15, 0.2) is 5.15 Å². The highest BCUT2D eigenvalue weighted by Crippen LogP contribution is 2.27. The summed E-state index contributed by atoms with van der Waals surface area (Å²) >= 11 is 11.6. The van der Waals surface area contributed by atoms with Crippen molar-refractivity contribution in [2.45, 2.75) is 27.2 Å². The summed E-state index contributed by atoms with van der Waals surface area (Å²) < 4.78 is 26.2. The Hall–Kier alpha value is -0.520. The standard InChI is InChI=1S/C11H16Cl2N2O2S/c1-7(2)4-5-18(16,17)15-10-8(3)6-9(12)14-11(10)13/h6-7,15H,4-5H2,1-3H3. The summed E-state index contributed by atoms with van der Waals surface area (Å²) in [7, 11) is -3.41. The fraction of sp³-hybridized carbons (Fsp3) is 0.545. The van der Waals surface area contributed by atoms with E-state index in [1.54, 1.807) is 13.0 Å². The molecule has 4 nitrogen and oxygen atoms in total. The molecule has 0 fully saturated rings. The minimum atomic E-state index is -3.41. The topological polar surface area (TPSA) is 59.1 Å². The Bertz CT molecular complexity index is 507. The van der Waals surface area contributed by atoms with Gasteiger partial charge in [-0.15, -0.1) is 0 Å². The maximum atomic E-state index is 11.9. The Morgan fingerprint density at radius 3 is 2.50 bits per heavy atom. The molecule has 1 heterocycles. The van der Waals surface area contributed by atoms with Crippen LogP contribution in [0.4, 0.5) is 5.69 Å². The van der Waals surface area contributed by atoms with Gasteiger partial charge >= 0.3 is 0 Å². The predicted molar refractivity (Wildman–Crippen MR) is 75.9 cm³/mol. The monoisotopic (exact) mass is 310 g/mol. The lowest BCUT2D eigenvalue weighted by atomic mass is 10.2. The molecule has 0 aliphatic heterocycles. The Morgan fingerprint density at radius 2 is 2.00 bits per heavy atom. The van der Waals surface area contributed by atoms with Crippen molar-refractivity contribution in [1.82, 2.24) is 4.98 Å². The summed E-state index contributed by atoms with van der Waals surface area (Å²) in [5.74, 6) is 0.379. The first kappa shape index (κ1) is 15.5. The molecule has 1 rings (SSSR count). The largest absolute Gasteiger partial charge is 0.280 e. The summed E-state index contributed by atoms with van der Waals surface area (Å²) in [4.78, 5) is 3.82. The molecule has 0 spiro atoms. The van der Waals surface area contributed by atoms with Crippen LogP contribution in [0.5, 0.6) is 0 Å². The van der Waals surface area contributed by atoms with Crippen molar-refractivity contribution in [2.24, 2.45) is 5.92 Å². The average Bonchev–Trinajstić information content (AvgIpc) is 2.21. The van der Waals surface area contributed by atoms with Gasteiger partial charge < -0.3 is 0 Å².